The van der Waals surface area contributed by atoms with E-state index in [0.717, 1.165) is 24.0 Å². The van der Waals surface area contributed by atoms with E-state index in [9.17, 15) is 13.6 Å². The van der Waals surface area contributed by atoms with Gasteiger partial charge in [-0.25, -0.2) is 13.8 Å². The van der Waals surface area contributed by atoms with Crippen LogP contribution in [0.2, 0.25) is 0 Å². The van der Waals surface area contributed by atoms with Crippen molar-refractivity contribution in [1.29, 1.82) is 0 Å². The summed E-state index contributed by atoms with van der Waals surface area (Å²) in [4.78, 5) is 19.5. The molecule has 0 saturated carbocycles. The molecule has 3 aromatic rings. The first-order valence-corrected chi connectivity index (χ1v) is 9.35. The number of nitrogens with one attached hydrogen (secondary N) is 1. The van der Waals surface area contributed by atoms with Crippen molar-refractivity contribution in [2.24, 2.45) is 0 Å². The third-order valence-electron chi connectivity index (χ3n) is 4.85. The quantitative estimate of drug-likeness (QED) is 0.579. The average molecular weight is 389 g/mol. The maximum atomic E-state index is 13.8. The summed E-state index contributed by atoms with van der Waals surface area (Å²) in [6.07, 6.45) is -1.20. The largest absolute Gasteiger partial charge is 0.300 e. The Kier molecular flexibility index (Phi) is 5.51. The van der Waals surface area contributed by atoms with E-state index in [1.54, 1.807) is 4.57 Å². The smallest absolute Gasteiger partial charge is 0.264 e. The van der Waals surface area contributed by atoms with E-state index < -0.39 is 12.0 Å². The molecule has 0 saturated heterocycles. The maximum Gasteiger partial charge on any atom is 0.264 e. The third kappa shape index (κ3) is 3.56. The van der Waals surface area contributed by atoms with Crippen LogP contribution < -0.4 is 5.56 Å². The number of alkyl halides is 2. The van der Waals surface area contributed by atoms with Gasteiger partial charge in [0.1, 0.15) is 5.65 Å². The molecular weight excluding hydrogens is 368 g/mol. The number of H-pyrrole nitrogens is 1. The first kappa shape index (κ1) is 19.4. The number of nitrogens with zero attached hydrogens (tertiary/aromatic N) is 2. The molecule has 0 amide bonds. The molecule has 4 nitrogen and oxygen atoms in total. The Morgan fingerprint density at radius 3 is 2.44 bits per heavy atom. The monoisotopic (exact) mass is 389 g/mol. The summed E-state index contributed by atoms with van der Waals surface area (Å²) in [6, 6.07) is 8.82. The molecule has 0 unspecified atom stereocenters. The van der Waals surface area contributed by atoms with E-state index in [1.165, 1.54) is 6.07 Å². The molecular formula is C20H21F2N3OS. The number of aromatic nitrogens is 3. The Morgan fingerprint density at radius 2 is 1.89 bits per heavy atom. The van der Waals surface area contributed by atoms with E-state index in [-0.39, 0.29) is 27.4 Å². The van der Waals surface area contributed by atoms with Crippen LogP contribution in [0.15, 0.2) is 35.1 Å². The van der Waals surface area contributed by atoms with Crippen molar-refractivity contribution in [3.05, 3.63) is 56.6 Å². The number of aryl methyl sites for hydroxylation is 1. The molecule has 3 rings (SSSR count). The van der Waals surface area contributed by atoms with Crippen LogP contribution in [-0.4, -0.2) is 14.5 Å². The second kappa shape index (κ2) is 7.68. The highest BCUT2D eigenvalue weighted by Gasteiger charge is 2.21. The van der Waals surface area contributed by atoms with Crippen molar-refractivity contribution in [3.8, 4) is 11.3 Å². The highest BCUT2D eigenvalue weighted by atomic mass is 32.1. The summed E-state index contributed by atoms with van der Waals surface area (Å²) in [7, 11) is 0. The van der Waals surface area contributed by atoms with Gasteiger partial charge in [0.2, 0.25) is 0 Å². The van der Waals surface area contributed by atoms with Crippen LogP contribution in [0.3, 0.4) is 0 Å². The fourth-order valence-corrected chi connectivity index (χ4v) is 3.46. The van der Waals surface area contributed by atoms with Gasteiger partial charge in [-0.05, 0) is 43.6 Å². The van der Waals surface area contributed by atoms with Crippen molar-refractivity contribution < 1.29 is 8.78 Å². The summed E-state index contributed by atoms with van der Waals surface area (Å²) in [5.74, 6) is 0. The van der Waals surface area contributed by atoms with Gasteiger partial charge in [0, 0.05) is 17.2 Å². The van der Waals surface area contributed by atoms with Crippen molar-refractivity contribution in [2.45, 2.75) is 46.1 Å². The summed E-state index contributed by atoms with van der Waals surface area (Å²) in [5, 5.41) is -0.104. The van der Waals surface area contributed by atoms with Gasteiger partial charge >= 0.3 is 0 Å². The molecule has 0 fully saturated rings. The number of rotatable bonds is 5. The van der Waals surface area contributed by atoms with E-state index in [4.69, 9.17) is 12.2 Å². The number of fused-ring (bicyclic) bond motifs is 1. The van der Waals surface area contributed by atoms with E-state index in [2.05, 4.69) is 9.97 Å². The number of aromatic amines is 1. The predicted molar refractivity (Wildman–Crippen MR) is 106 cm³/mol. The number of benzene rings is 1. The molecule has 0 aliphatic carbocycles. The number of halogens is 2. The average Bonchev–Trinajstić information content (AvgIpc) is 2.66. The minimum atomic E-state index is -2.80. The molecule has 2 heterocycles. The molecule has 1 atom stereocenters. The Hall–Kier alpha value is -2.41. The summed E-state index contributed by atoms with van der Waals surface area (Å²) >= 11 is 5.29. The summed E-state index contributed by atoms with van der Waals surface area (Å²) in [5.41, 5.74) is 1.50. The van der Waals surface area contributed by atoms with Gasteiger partial charge in [0.15, 0.2) is 4.77 Å². The molecule has 1 aromatic carbocycles. The number of hydrogen-bond donors (Lipinski definition) is 1. The van der Waals surface area contributed by atoms with Crippen LogP contribution in [0.5, 0.6) is 0 Å². The second-order valence-corrected chi connectivity index (χ2v) is 6.92. The zero-order chi connectivity index (χ0) is 19.7. The molecule has 7 heteroatoms. The normalized spacial score (nSPS) is 12.7. The molecule has 0 radical (unpaired) electrons. The highest BCUT2D eigenvalue weighted by Crippen LogP contribution is 2.31. The van der Waals surface area contributed by atoms with E-state index >= 15 is 0 Å². The lowest BCUT2D eigenvalue weighted by molar-refractivity contribution is 0.153. The molecule has 0 aliphatic heterocycles. The van der Waals surface area contributed by atoms with Crippen molar-refractivity contribution in [1.82, 2.24) is 14.5 Å². The molecule has 27 heavy (non-hydrogen) atoms. The molecule has 2 aromatic heterocycles. The van der Waals surface area contributed by atoms with Gasteiger partial charge in [0.05, 0.1) is 11.1 Å². The van der Waals surface area contributed by atoms with Crippen LogP contribution in [0.1, 0.15) is 50.8 Å². The van der Waals surface area contributed by atoms with Crippen LogP contribution in [-0.2, 0) is 6.42 Å². The van der Waals surface area contributed by atoms with Gasteiger partial charge < -0.3 is 0 Å². The van der Waals surface area contributed by atoms with Gasteiger partial charge in [-0.2, -0.15) is 0 Å². The lowest BCUT2D eigenvalue weighted by Crippen LogP contribution is -2.19. The van der Waals surface area contributed by atoms with Gasteiger partial charge in [0.25, 0.3) is 12.0 Å². The second-order valence-electron chi connectivity index (χ2n) is 6.53. The number of hydrogen-bond acceptors (Lipinski definition) is 3. The highest BCUT2D eigenvalue weighted by molar-refractivity contribution is 7.71. The van der Waals surface area contributed by atoms with Crippen LogP contribution in [0.4, 0.5) is 8.78 Å². The Bertz CT molecular complexity index is 1090. The molecule has 142 valence electrons. The lowest BCUT2D eigenvalue weighted by atomic mass is 10.0. The van der Waals surface area contributed by atoms with E-state index in [1.807, 2.05) is 45.0 Å². The fourth-order valence-electron chi connectivity index (χ4n) is 3.10. The fraction of sp³-hybridized carbons (Fsp3) is 0.350. The summed E-state index contributed by atoms with van der Waals surface area (Å²) in [6.45, 7) is 5.93. The van der Waals surface area contributed by atoms with Crippen LogP contribution in [0, 0.1) is 4.77 Å². The first-order chi connectivity index (χ1) is 12.9. The molecule has 1 N–H and O–H groups in total. The standard InChI is InChI=1S/C20H21F2N3OS/c1-4-11(3)25-18-16(19(26)24-20(25)27)14(17(21)22)10-15(23-18)13-8-6-12(5-2)7-9-13/h6-11,17H,4-5H2,1-3H3,(H,24,26,27)/t11-/m1/s1. The van der Waals surface area contributed by atoms with Crippen molar-refractivity contribution in [3.63, 3.8) is 0 Å². The Morgan fingerprint density at radius 1 is 1.22 bits per heavy atom. The minimum Gasteiger partial charge on any atom is -0.300 e. The molecule has 0 aliphatic rings. The lowest BCUT2D eigenvalue weighted by Gasteiger charge is -2.18. The van der Waals surface area contributed by atoms with Gasteiger partial charge in [-0.1, -0.05) is 38.1 Å². The van der Waals surface area contributed by atoms with Crippen molar-refractivity contribution >= 4 is 23.3 Å². The minimum absolute atomic E-state index is 0.0902. The first-order valence-electron chi connectivity index (χ1n) is 8.94. The van der Waals surface area contributed by atoms with E-state index in [0.29, 0.717) is 5.69 Å². The third-order valence-corrected chi connectivity index (χ3v) is 5.15. The van der Waals surface area contributed by atoms with Crippen LogP contribution in [0.25, 0.3) is 22.3 Å². The molecule has 0 spiro atoms. The Labute approximate surface area is 160 Å². The van der Waals surface area contributed by atoms with Gasteiger partial charge in [-0.3, -0.25) is 14.3 Å². The topological polar surface area (TPSA) is 50.7 Å². The SMILES string of the molecule is CCc1ccc(-c2cc(C(F)F)c3c(=O)[nH]c(=S)n([C@H](C)CC)c3n2)cc1. The number of pyridine rings is 1. The summed E-state index contributed by atoms with van der Waals surface area (Å²) < 4.78 is 29.4. The maximum absolute atomic E-state index is 13.8. The van der Waals surface area contributed by atoms with Crippen molar-refractivity contribution in [2.75, 3.05) is 0 Å². The Balaban J connectivity index is 2.40. The zero-order valence-corrected chi connectivity index (χ0v) is 16.2. The predicted octanol–water partition coefficient (Wildman–Crippen LogP) is 5.59. The van der Waals surface area contributed by atoms with Gasteiger partial charge in [-0.15, -0.1) is 0 Å². The van der Waals surface area contributed by atoms with Crippen LogP contribution >= 0.6 is 12.2 Å². The molecule has 0 bridgehead atoms. The zero-order valence-electron chi connectivity index (χ0n) is 15.4.